The summed E-state index contributed by atoms with van der Waals surface area (Å²) in [5, 5.41) is 3.33. The van der Waals surface area contributed by atoms with E-state index in [-0.39, 0.29) is 16.3 Å². The highest BCUT2D eigenvalue weighted by atomic mass is 35.5. The van der Waals surface area contributed by atoms with E-state index in [1.165, 1.54) is 18.2 Å². The molecule has 0 aliphatic carbocycles. The molecule has 4 rings (SSSR count). The number of carbonyl (C=O) groups is 1. The zero-order valence-electron chi connectivity index (χ0n) is 16.6. The second-order valence-corrected chi connectivity index (χ2v) is 9.52. The third-order valence-electron chi connectivity index (χ3n) is 4.47. The molecule has 0 atom stereocenters. The summed E-state index contributed by atoms with van der Waals surface area (Å²) < 4.78 is 25.0. The highest BCUT2D eigenvalue weighted by Gasteiger charge is 2.14. The molecule has 10 heteroatoms. The molecule has 0 fully saturated rings. The molecule has 0 bridgehead atoms. The number of carbonyl (C=O) groups excluding carboxylic acids is 1. The maximum Gasteiger partial charge on any atom is 0.257 e. The lowest BCUT2D eigenvalue weighted by molar-refractivity contribution is 0.102. The van der Waals surface area contributed by atoms with Crippen LogP contribution in [0.4, 0.5) is 11.4 Å². The molecule has 4 aromatic rings. The van der Waals surface area contributed by atoms with Gasteiger partial charge >= 0.3 is 0 Å². The third kappa shape index (κ3) is 4.99. The third-order valence-corrected chi connectivity index (χ3v) is 5.71. The van der Waals surface area contributed by atoms with Gasteiger partial charge in [0.1, 0.15) is 0 Å². The van der Waals surface area contributed by atoms with E-state index in [1.807, 2.05) is 24.3 Å². The van der Waals surface area contributed by atoms with E-state index >= 15 is 0 Å². The predicted octanol–water partition coefficient (Wildman–Crippen LogP) is 5.23. The van der Waals surface area contributed by atoms with Gasteiger partial charge in [0.2, 0.25) is 10.0 Å². The maximum atomic E-state index is 12.7. The van der Waals surface area contributed by atoms with Crippen molar-refractivity contribution in [3.05, 3.63) is 82.5 Å². The van der Waals surface area contributed by atoms with Crippen LogP contribution in [0.5, 0.6) is 0 Å². The van der Waals surface area contributed by atoms with Gasteiger partial charge in [-0.15, -0.1) is 0 Å². The van der Waals surface area contributed by atoms with Crippen LogP contribution in [0.1, 0.15) is 10.4 Å². The molecule has 1 heterocycles. The van der Waals surface area contributed by atoms with Crippen molar-refractivity contribution in [2.75, 3.05) is 16.3 Å². The fourth-order valence-electron chi connectivity index (χ4n) is 3.06. The Labute approximate surface area is 194 Å². The molecule has 0 radical (unpaired) electrons. The Kier molecular flexibility index (Phi) is 6.01. The monoisotopic (exact) mass is 486 g/mol. The van der Waals surface area contributed by atoms with E-state index in [9.17, 15) is 13.2 Å². The van der Waals surface area contributed by atoms with Crippen LogP contribution in [-0.2, 0) is 10.0 Å². The Morgan fingerprint density at radius 2 is 1.62 bits per heavy atom. The fourth-order valence-corrected chi connectivity index (χ4v) is 4.10. The van der Waals surface area contributed by atoms with Gasteiger partial charge in [-0.1, -0.05) is 35.3 Å². The molecule has 1 aromatic heterocycles. The minimum Gasteiger partial charge on any atom is -0.322 e. The van der Waals surface area contributed by atoms with Gasteiger partial charge in [-0.3, -0.25) is 14.5 Å². The van der Waals surface area contributed by atoms with Gasteiger partial charge in [0.15, 0.2) is 0 Å². The SMILES string of the molecule is CS(=O)(=O)Nc1ccc(C(=O)Nc2ccc(Cl)c(-c3cnc4ccccc4n3)c2)c(Cl)c1. The number of hydrogen-bond donors (Lipinski definition) is 2. The number of para-hydroxylation sites is 2. The number of nitrogens with zero attached hydrogens (tertiary/aromatic N) is 2. The average Bonchev–Trinajstić information content (AvgIpc) is 2.73. The minimum absolute atomic E-state index is 0.103. The first-order chi connectivity index (χ1) is 15.2. The Hall–Kier alpha value is -3.20. The molecule has 7 nitrogen and oxygen atoms in total. The number of nitrogens with one attached hydrogen (secondary N) is 2. The molecule has 0 spiro atoms. The molecule has 0 aliphatic rings. The van der Waals surface area contributed by atoms with Gasteiger partial charge in [0, 0.05) is 16.9 Å². The minimum atomic E-state index is -3.46. The number of rotatable bonds is 5. The summed E-state index contributed by atoms with van der Waals surface area (Å²) in [6, 6.07) is 16.8. The number of benzene rings is 3. The van der Waals surface area contributed by atoms with Gasteiger partial charge in [-0.25, -0.2) is 13.4 Å². The van der Waals surface area contributed by atoms with E-state index in [4.69, 9.17) is 23.2 Å². The second-order valence-electron chi connectivity index (χ2n) is 6.96. The van der Waals surface area contributed by atoms with Crippen LogP contribution < -0.4 is 10.0 Å². The number of hydrogen-bond acceptors (Lipinski definition) is 5. The Balaban J connectivity index is 1.60. The van der Waals surface area contributed by atoms with Crippen LogP contribution >= 0.6 is 23.2 Å². The summed E-state index contributed by atoms with van der Waals surface area (Å²) >= 11 is 12.6. The number of aromatic nitrogens is 2. The molecular weight excluding hydrogens is 471 g/mol. The number of halogens is 2. The van der Waals surface area contributed by atoms with Crippen LogP contribution in [0.15, 0.2) is 66.9 Å². The van der Waals surface area contributed by atoms with Crippen molar-refractivity contribution in [2.45, 2.75) is 0 Å². The highest BCUT2D eigenvalue weighted by Crippen LogP contribution is 2.30. The largest absolute Gasteiger partial charge is 0.322 e. The quantitative estimate of drug-likeness (QED) is 0.402. The van der Waals surface area contributed by atoms with Crippen LogP contribution in [-0.4, -0.2) is 30.5 Å². The first-order valence-electron chi connectivity index (χ1n) is 9.30. The van der Waals surface area contributed by atoms with Crippen molar-refractivity contribution in [3.8, 4) is 11.3 Å². The van der Waals surface area contributed by atoms with E-state index in [0.29, 0.717) is 22.0 Å². The average molecular weight is 487 g/mol. The van der Waals surface area contributed by atoms with Gasteiger partial charge in [0.05, 0.1) is 44.8 Å². The van der Waals surface area contributed by atoms with Crippen molar-refractivity contribution in [3.63, 3.8) is 0 Å². The van der Waals surface area contributed by atoms with E-state index in [0.717, 1.165) is 17.3 Å². The highest BCUT2D eigenvalue weighted by molar-refractivity contribution is 7.92. The van der Waals surface area contributed by atoms with Crippen molar-refractivity contribution < 1.29 is 13.2 Å². The summed E-state index contributed by atoms with van der Waals surface area (Å²) in [5.41, 5.74) is 3.61. The van der Waals surface area contributed by atoms with Gasteiger partial charge in [0.25, 0.3) is 5.91 Å². The fraction of sp³-hybridized carbons (Fsp3) is 0.0455. The summed E-state index contributed by atoms with van der Waals surface area (Å²) in [4.78, 5) is 21.8. The van der Waals surface area contributed by atoms with Crippen molar-refractivity contribution in [1.82, 2.24) is 9.97 Å². The molecule has 0 unspecified atom stereocenters. The lowest BCUT2D eigenvalue weighted by atomic mass is 10.1. The number of anilines is 2. The van der Waals surface area contributed by atoms with E-state index in [1.54, 1.807) is 24.4 Å². The van der Waals surface area contributed by atoms with Crippen LogP contribution in [0, 0.1) is 0 Å². The van der Waals surface area contributed by atoms with Crippen LogP contribution in [0.3, 0.4) is 0 Å². The number of amides is 1. The molecule has 0 saturated carbocycles. The maximum absolute atomic E-state index is 12.7. The summed E-state index contributed by atoms with van der Waals surface area (Å²) in [7, 11) is -3.46. The summed E-state index contributed by atoms with van der Waals surface area (Å²) in [5.74, 6) is -0.459. The van der Waals surface area contributed by atoms with Crippen LogP contribution in [0.2, 0.25) is 10.0 Å². The summed E-state index contributed by atoms with van der Waals surface area (Å²) in [6.07, 6.45) is 2.65. The Morgan fingerprint density at radius 3 is 2.34 bits per heavy atom. The zero-order chi connectivity index (χ0) is 22.9. The summed E-state index contributed by atoms with van der Waals surface area (Å²) in [6.45, 7) is 0. The van der Waals surface area contributed by atoms with Gasteiger partial charge < -0.3 is 5.32 Å². The van der Waals surface area contributed by atoms with Crippen molar-refractivity contribution in [2.24, 2.45) is 0 Å². The molecular formula is C22H16Cl2N4O3S. The standard InChI is InChI=1S/C22H16Cl2N4O3S/c1-32(30,31)28-14-6-8-15(18(24)11-14)22(29)26-13-7-9-17(23)16(10-13)21-12-25-19-4-2-3-5-20(19)27-21/h2-12,28H,1H3,(H,26,29). The molecule has 32 heavy (non-hydrogen) atoms. The molecule has 2 N–H and O–H groups in total. The normalized spacial score (nSPS) is 11.3. The zero-order valence-corrected chi connectivity index (χ0v) is 19.0. The predicted molar refractivity (Wildman–Crippen MR) is 128 cm³/mol. The molecule has 162 valence electrons. The van der Waals surface area contributed by atoms with Crippen molar-refractivity contribution in [1.29, 1.82) is 0 Å². The van der Waals surface area contributed by atoms with Gasteiger partial charge in [-0.2, -0.15) is 0 Å². The first kappa shape index (κ1) is 22.0. The van der Waals surface area contributed by atoms with E-state index in [2.05, 4.69) is 20.0 Å². The topological polar surface area (TPSA) is 101 Å². The lowest BCUT2D eigenvalue weighted by Gasteiger charge is -2.11. The molecule has 0 aliphatic heterocycles. The first-order valence-corrected chi connectivity index (χ1v) is 11.9. The second kappa shape index (κ2) is 8.74. The Morgan fingerprint density at radius 1 is 0.906 bits per heavy atom. The lowest BCUT2D eigenvalue weighted by Crippen LogP contribution is -2.14. The Bertz CT molecular complexity index is 1460. The van der Waals surface area contributed by atoms with Crippen LogP contribution in [0.25, 0.3) is 22.3 Å². The van der Waals surface area contributed by atoms with Crippen molar-refractivity contribution >= 4 is 61.5 Å². The number of fused-ring (bicyclic) bond motifs is 1. The smallest absolute Gasteiger partial charge is 0.257 e. The molecule has 1 amide bonds. The molecule has 3 aromatic carbocycles. The van der Waals surface area contributed by atoms with Gasteiger partial charge in [-0.05, 0) is 48.5 Å². The van der Waals surface area contributed by atoms with E-state index < -0.39 is 15.9 Å². The number of sulfonamides is 1. The molecule has 0 saturated heterocycles.